The minimum Gasteiger partial charge on any atom is -0.481 e. The highest BCUT2D eigenvalue weighted by Crippen LogP contribution is 2.13. The lowest BCUT2D eigenvalue weighted by Gasteiger charge is -2.14. The number of hydrogen-bond donors (Lipinski definition) is 1. The number of rotatable bonds is 7. The van der Waals surface area contributed by atoms with E-state index in [1.807, 2.05) is 24.3 Å². The second kappa shape index (κ2) is 8.53. The van der Waals surface area contributed by atoms with E-state index in [1.54, 1.807) is 6.92 Å². The fourth-order valence-corrected chi connectivity index (χ4v) is 2.20. The van der Waals surface area contributed by atoms with Crippen LogP contribution in [0.1, 0.15) is 18.9 Å². The number of ether oxygens (including phenoxy) is 1. The summed E-state index contributed by atoms with van der Waals surface area (Å²) in [6.45, 7) is 2.23. The van der Waals surface area contributed by atoms with Gasteiger partial charge in [0, 0.05) is 11.6 Å². The summed E-state index contributed by atoms with van der Waals surface area (Å²) in [7, 11) is 0. The highest BCUT2D eigenvalue weighted by atomic mass is 35.5. The molecule has 0 radical (unpaired) electrons. The molecule has 2 aromatic rings. The van der Waals surface area contributed by atoms with Gasteiger partial charge in [-0.2, -0.15) is 0 Å². The Morgan fingerprint density at radius 2 is 1.83 bits per heavy atom. The van der Waals surface area contributed by atoms with Crippen molar-refractivity contribution in [1.29, 1.82) is 0 Å². The van der Waals surface area contributed by atoms with Crippen LogP contribution < -0.4 is 10.1 Å². The molecule has 0 fully saturated rings. The first-order valence-corrected chi connectivity index (χ1v) is 7.87. The molecule has 0 bridgehead atoms. The van der Waals surface area contributed by atoms with Crippen LogP contribution in [0, 0.1) is 5.82 Å². The normalized spacial score (nSPS) is 11.8. The first-order valence-electron chi connectivity index (χ1n) is 7.49. The molecule has 1 atom stereocenters. The van der Waals surface area contributed by atoms with Crippen molar-refractivity contribution in [3.8, 4) is 5.75 Å². The molecule has 2 rings (SSSR count). The van der Waals surface area contributed by atoms with E-state index in [9.17, 15) is 9.18 Å². The monoisotopic (exact) mass is 335 g/mol. The first kappa shape index (κ1) is 17.3. The summed E-state index contributed by atoms with van der Waals surface area (Å²) in [5, 5.41) is 3.55. The molecule has 3 nitrogen and oxygen atoms in total. The summed E-state index contributed by atoms with van der Waals surface area (Å²) in [6.07, 6.45) is 1.07. The molecule has 0 saturated carbocycles. The van der Waals surface area contributed by atoms with Gasteiger partial charge in [-0.25, -0.2) is 4.39 Å². The van der Waals surface area contributed by atoms with Crippen LogP contribution in [-0.4, -0.2) is 18.6 Å². The Morgan fingerprint density at radius 3 is 2.48 bits per heavy atom. The van der Waals surface area contributed by atoms with Gasteiger partial charge in [0.2, 0.25) is 0 Å². The second-order valence-electron chi connectivity index (χ2n) is 5.24. The topological polar surface area (TPSA) is 38.3 Å². The Balaban J connectivity index is 1.69. The fourth-order valence-electron chi connectivity index (χ4n) is 2.07. The van der Waals surface area contributed by atoms with Crippen molar-refractivity contribution in [3.05, 3.63) is 64.9 Å². The molecule has 0 heterocycles. The third-order valence-electron chi connectivity index (χ3n) is 3.35. The number of carbonyl (C=O) groups is 1. The lowest BCUT2D eigenvalue weighted by atomic mass is 10.1. The Labute approximate surface area is 140 Å². The highest BCUT2D eigenvalue weighted by molar-refractivity contribution is 6.30. The molecule has 0 aromatic heterocycles. The van der Waals surface area contributed by atoms with Crippen LogP contribution in [0.15, 0.2) is 48.5 Å². The maximum Gasteiger partial charge on any atom is 0.260 e. The SMILES string of the molecule is CC(Oc1ccc(F)cc1)C(=O)NCCCc1ccc(Cl)cc1. The number of aryl methyl sites for hydroxylation is 1. The maximum atomic E-state index is 12.8. The number of hydrogen-bond acceptors (Lipinski definition) is 2. The van der Waals surface area contributed by atoms with Crippen molar-refractivity contribution in [2.24, 2.45) is 0 Å². The average Bonchev–Trinajstić information content (AvgIpc) is 2.55. The van der Waals surface area contributed by atoms with Crippen molar-refractivity contribution in [2.45, 2.75) is 25.9 Å². The third kappa shape index (κ3) is 5.91. The van der Waals surface area contributed by atoms with E-state index in [2.05, 4.69) is 5.32 Å². The summed E-state index contributed by atoms with van der Waals surface area (Å²) in [4.78, 5) is 11.9. The van der Waals surface area contributed by atoms with Gasteiger partial charge in [-0.05, 0) is 61.7 Å². The van der Waals surface area contributed by atoms with E-state index in [0.717, 1.165) is 12.8 Å². The predicted octanol–water partition coefficient (Wildman–Crippen LogP) is 4.00. The van der Waals surface area contributed by atoms with Crippen LogP contribution in [0.5, 0.6) is 5.75 Å². The van der Waals surface area contributed by atoms with Crippen LogP contribution in [0.4, 0.5) is 4.39 Å². The second-order valence-corrected chi connectivity index (χ2v) is 5.67. The zero-order valence-corrected chi connectivity index (χ0v) is 13.6. The van der Waals surface area contributed by atoms with Crippen LogP contribution in [-0.2, 0) is 11.2 Å². The number of benzene rings is 2. The van der Waals surface area contributed by atoms with Crippen LogP contribution in [0.3, 0.4) is 0 Å². The van der Waals surface area contributed by atoms with Gasteiger partial charge in [-0.15, -0.1) is 0 Å². The van der Waals surface area contributed by atoms with Gasteiger partial charge in [0.1, 0.15) is 11.6 Å². The van der Waals surface area contributed by atoms with Gasteiger partial charge in [0.15, 0.2) is 6.10 Å². The summed E-state index contributed by atoms with van der Waals surface area (Å²) in [6, 6.07) is 13.3. The van der Waals surface area contributed by atoms with Gasteiger partial charge >= 0.3 is 0 Å². The summed E-state index contributed by atoms with van der Waals surface area (Å²) >= 11 is 5.83. The molecule has 2 aromatic carbocycles. The number of amides is 1. The minimum atomic E-state index is -0.629. The van der Waals surface area contributed by atoms with Crippen molar-refractivity contribution in [2.75, 3.05) is 6.54 Å². The lowest BCUT2D eigenvalue weighted by Crippen LogP contribution is -2.36. The van der Waals surface area contributed by atoms with Crippen LogP contribution in [0.25, 0.3) is 0 Å². The van der Waals surface area contributed by atoms with Crippen molar-refractivity contribution < 1.29 is 13.9 Å². The minimum absolute atomic E-state index is 0.189. The molecule has 0 spiro atoms. The van der Waals surface area contributed by atoms with Crippen LogP contribution in [0.2, 0.25) is 5.02 Å². The number of carbonyl (C=O) groups excluding carboxylic acids is 1. The van der Waals surface area contributed by atoms with E-state index in [4.69, 9.17) is 16.3 Å². The molecule has 0 aliphatic carbocycles. The Bertz CT molecular complexity index is 628. The van der Waals surface area contributed by atoms with E-state index in [1.165, 1.54) is 29.8 Å². The predicted molar refractivity (Wildman–Crippen MR) is 89.3 cm³/mol. The van der Waals surface area contributed by atoms with Gasteiger partial charge in [0.25, 0.3) is 5.91 Å². The van der Waals surface area contributed by atoms with Crippen molar-refractivity contribution >= 4 is 17.5 Å². The molecule has 0 saturated heterocycles. The highest BCUT2D eigenvalue weighted by Gasteiger charge is 2.13. The summed E-state index contributed by atoms with van der Waals surface area (Å²) < 4.78 is 18.3. The molecule has 23 heavy (non-hydrogen) atoms. The molecule has 5 heteroatoms. The van der Waals surface area contributed by atoms with Gasteiger partial charge in [0.05, 0.1) is 0 Å². The molecule has 122 valence electrons. The third-order valence-corrected chi connectivity index (χ3v) is 3.60. The van der Waals surface area contributed by atoms with E-state index < -0.39 is 6.10 Å². The molecule has 0 aliphatic rings. The Hall–Kier alpha value is -2.07. The van der Waals surface area contributed by atoms with E-state index in [0.29, 0.717) is 17.3 Å². The van der Waals surface area contributed by atoms with Gasteiger partial charge < -0.3 is 10.1 Å². The Kier molecular flexibility index (Phi) is 6.41. The average molecular weight is 336 g/mol. The van der Waals surface area contributed by atoms with Gasteiger partial charge in [-0.1, -0.05) is 23.7 Å². The summed E-state index contributed by atoms with van der Waals surface area (Å²) in [5.74, 6) is -0.0581. The molecule has 0 aliphatic heterocycles. The molecule has 1 amide bonds. The molecular weight excluding hydrogens is 317 g/mol. The fraction of sp³-hybridized carbons (Fsp3) is 0.278. The van der Waals surface area contributed by atoms with Crippen molar-refractivity contribution in [1.82, 2.24) is 5.32 Å². The Morgan fingerprint density at radius 1 is 1.17 bits per heavy atom. The van der Waals surface area contributed by atoms with Crippen molar-refractivity contribution in [3.63, 3.8) is 0 Å². The number of nitrogens with one attached hydrogen (secondary N) is 1. The standard InChI is InChI=1S/C18H19ClFNO2/c1-13(23-17-10-8-16(20)9-11-17)18(22)21-12-2-3-14-4-6-15(19)7-5-14/h4-11,13H,2-3,12H2,1H3,(H,21,22). The zero-order valence-electron chi connectivity index (χ0n) is 12.9. The smallest absolute Gasteiger partial charge is 0.260 e. The maximum absolute atomic E-state index is 12.8. The summed E-state index contributed by atoms with van der Waals surface area (Å²) in [5.41, 5.74) is 1.18. The van der Waals surface area contributed by atoms with E-state index in [-0.39, 0.29) is 11.7 Å². The first-order chi connectivity index (χ1) is 11.0. The molecule has 1 N–H and O–H groups in total. The molecule has 1 unspecified atom stereocenters. The zero-order chi connectivity index (χ0) is 16.7. The van der Waals surface area contributed by atoms with Crippen LogP contribution >= 0.6 is 11.6 Å². The lowest BCUT2D eigenvalue weighted by molar-refractivity contribution is -0.127. The largest absolute Gasteiger partial charge is 0.481 e. The molecular formula is C18H19ClFNO2. The van der Waals surface area contributed by atoms with E-state index >= 15 is 0 Å². The quantitative estimate of drug-likeness (QED) is 0.777. The number of halogens is 2. The van der Waals surface area contributed by atoms with Gasteiger partial charge in [-0.3, -0.25) is 4.79 Å².